The van der Waals surface area contributed by atoms with Crippen molar-refractivity contribution >= 4 is 23.5 Å². The van der Waals surface area contributed by atoms with Crippen LogP contribution >= 0.6 is 11.6 Å². The monoisotopic (exact) mass is 603 g/mol. The number of benzene rings is 2. The van der Waals surface area contributed by atoms with Gasteiger partial charge in [-0.1, -0.05) is 29.8 Å². The summed E-state index contributed by atoms with van der Waals surface area (Å²) in [6, 6.07) is 9.15. The molecule has 3 saturated heterocycles. The Bertz CT molecular complexity index is 1290. The number of piperazine rings is 1. The van der Waals surface area contributed by atoms with Crippen LogP contribution in [0.1, 0.15) is 42.4 Å². The molecule has 7 nitrogen and oxygen atoms in total. The molecule has 0 bridgehead atoms. The average molecular weight is 604 g/mol. The second-order valence-electron chi connectivity index (χ2n) is 11.9. The molecule has 1 amide bonds. The fourth-order valence-corrected chi connectivity index (χ4v) is 7.04. The number of esters is 1. The zero-order valence-corrected chi connectivity index (χ0v) is 25.3. The van der Waals surface area contributed by atoms with Gasteiger partial charge in [0.05, 0.1) is 13.0 Å². The van der Waals surface area contributed by atoms with E-state index in [0.29, 0.717) is 68.1 Å². The van der Waals surface area contributed by atoms with Crippen LogP contribution in [0.15, 0.2) is 36.4 Å². The van der Waals surface area contributed by atoms with Gasteiger partial charge in [-0.15, -0.1) is 0 Å². The second kappa shape index (κ2) is 13.4. The van der Waals surface area contributed by atoms with Crippen LogP contribution in [0, 0.1) is 24.5 Å². The van der Waals surface area contributed by atoms with Gasteiger partial charge in [-0.05, 0) is 61.6 Å². The average Bonchev–Trinajstić information content (AvgIpc) is 3.42. The van der Waals surface area contributed by atoms with Gasteiger partial charge in [0.2, 0.25) is 5.91 Å². The molecule has 2 aromatic carbocycles. The van der Waals surface area contributed by atoms with Crippen LogP contribution in [0.5, 0.6) is 0 Å². The fraction of sp³-hybridized carbons (Fsp3) is 0.562. The van der Waals surface area contributed by atoms with Crippen LogP contribution in [0.3, 0.4) is 0 Å². The minimum Gasteiger partial charge on any atom is -0.468 e. The molecule has 0 N–H and O–H groups in total. The highest BCUT2D eigenvalue weighted by Crippen LogP contribution is 2.39. The third kappa shape index (κ3) is 6.64. The molecule has 3 aliphatic heterocycles. The first kappa shape index (κ1) is 30.9. The predicted molar refractivity (Wildman–Crippen MR) is 156 cm³/mol. The maximum atomic E-state index is 15.2. The molecular weight excluding hydrogens is 564 g/mol. The van der Waals surface area contributed by atoms with E-state index >= 15 is 4.39 Å². The van der Waals surface area contributed by atoms with Crippen molar-refractivity contribution in [2.75, 3.05) is 53.0 Å². The Hall–Kier alpha value is -2.59. The third-order valence-corrected chi connectivity index (χ3v) is 9.45. The Morgan fingerprint density at radius 2 is 1.81 bits per heavy atom. The number of halogens is 3. The molecule has 3 aliphatic rings. The largest absolute Gasteiger partial charge is 0.468 e. The second-order valence-corrected chi connectivity index (χ2v) is 12.3. The molecule has 5 rings (SSSR count). The fourth-order valence-electron chi connectivity index (χ4n) is 6.88. The van der Waals surface area contributed by atoms with Crippen molar-refractivity contribution in [1.29, 1.82) is 0 Å². The highest BCUT2D eigenvalue weighted by Gasteiger charge is 2.45. The van der Waals surface area contributed by atoms with E-state index in [1.807, 2.05) is 29.7 Å². The standard InChI is InChI=1S/C32H40ClF2N3O4/c1-20-4-5-22(28(34)14-20)15-30(32(40)41-3)36-10-11-38(21(2)17-36)31(39)27-19-37(24-8-12-42-13-9-24)18-26(27)25-7-6-23(33)16-29(25)35/h4-7,14,16,21,24,26-27,30H,8-13,15,17-19H2,1-3H3/t21-,26-,27+,30?/m0/s1. The summed E-state index contributed by atoms with van der Waals surface area (Å²) >= 11 is 6.05. The van der Waals surface area contributed by atoms with Crippen LogP contribution in [0.4, 0.5) is 8.78 Å². The van der Waals surface area contributed by atoms with Gasteiger partial charge in [0.1, 0.15) is 17.7 Å². The van der Waals surface area contributed by atoms with Gasteiger partial charge in [-0.3, -0.25) is 19.4 Å². The Morgan fingerprint density at radius 1 is 1.05 bits per heavy atom. The Morgan fingerprint density at radius 3 is 2.48 bits per heavy atom. The molecule has 42 heavy (non-hydrogen) atoms. The molecule has 4 atom stereocenters. The lowest BCUT2D eigenvalue weighted by atomic mass is 9.87. The summed E-state index contributed by atoms with van der Waals surface area (Å²) in [5, 5.41) is 0.328. The number of carbonyl (C=O) groups excluding carboxylic acids is 2. The van der Waals surface area contributed by atoms with Gasteiger partial charge < -0.3 is 14.4 Å². The first-order valence-electron chi connectivity index (χ1n) is 14.8. The topological polar surface area (TPSA) is 62.3 Å². The number of carbonyl (C=O) groups is 2. The maximum Gasteiger partial charge on any atom is 0.323 e. The van der Waals surface area contributed by atoms with E-state index in [1.54, 1.807) is 18.2 Å². The van der Waals surface area contributed by atoms with Crippen molar-refractivity contribution in [3.05, 3.63) is 69.7 Å². The van der Waals surface area contributed by atoms with Crippen molar-refractivity contribution in [1.82, 2.24) is 14.7 Å². The lowest BCUT2D eigenvalue weighted by Crippen LogP contribution is -2.59. The third-order valence-electron chi connectivity index (χ3n) is 9.21. The maximum absolute atomic E-state index is 15.2. The van der Waals surface area contributed by atoms with E-state index in [1.165, 1.54) is 19.2 Å². The van der Waals surface area contributed by atoms with E-state index in [2.05, 4.69) is 4.90 Å². The summed E-state index contributed by atoms with van der Waals surface area (Å²) in [5.74, 6) is -1.87. The summed E-state index contributed by atoms with van der Waals surface area (Å²) in [7, 11) is 1.34. The van der Waals surface area contributed by atoms with Crippen molar-refractivity contribution in [3.8, 4) is 0 Å². The molecule has 3 fully saturated rings. The zero-order chi connectivity index (χ0) is 30.0. The summed E-state index contributed by atoms with van der Waals surface area (Å²) < 4.78 is 40.5. The van der Waals surface area contributed by atoms with E-state index in [4.69, 9.17) is 21.1 Å². The first-order valence-corrected chi connectivity index (χ1v) is 15.2. The highest BCUT2D eigenvalue weighted by molar-refractivity contribution is 6.30. The normalized spacial score (nSPS) is 25.0. The van der Waals surface area contributed by atoms with E-state index in [9.17, 15) is 14.0 Å². The molecule has 0 spiro atoms. The quantitative estimate of drug-likeness (QED) is 0.436. The number of hydrogen-bond donors (Lipinski definition) is 0. The number of aryl methyl sites for hydroxylation is 1. The molecule has 0 saturated carbocycles. The molecule has 0 aliphatic carbocycles. The first-order chi connectivity index (χ1) is 20.2. The van der Waals surface area contributed by atoms with Crippen LogP contribution in [-0.2, 0) is 25.5 Å². The van der Waals surface area contributed by atoms with Crippen LogP contribution in [0.2, 0.25) is 5.02 Å². The van der Waals surface area contributed by atoms with Crippen molar-refractivity contribution in [3.63, 3.8) is 0 Å². The Labute approximate surface area is 251 Å². The van der Waals surface area contributed by atoms with Crippen molar-refractivity contribution in [2.24, 2.45) is 5.92 Å². The predicted octanol–water partition coefficient (Wildman–Crippen LogP) is 4.44. The van der Waals surface area contributed by atoms with Gasteiger partial charge in [0, 0.05) is 75.4 Å². The summed E-state index contributed by atoms with van der Waals surface area (Å²) in [6.07, 6.45) is 1.96. The van der Waals surface area contributed by atoms with Gasteiger partial charge in [0.25, 0.3) is 0 Å². The van der Waals surface area contributed by atoms with Crippen LogP contribution in [-0.4, -0.2) is 97.7 Å². The minimum atomic E-state index is -0.668. The number of likely N-dealkylation sites (tertiary alicyclic amines) is 1. The van der Waals surface area contributed by atoms with Crippen molar-refractivity contribution in [2.45, 2.75) is 57.2 Å². The summed E-state index contributed by atoms with van der Waals surface area (Å²) in [5.41, 5.74) is 1.78. The molecule has 0 aromatic heterocycles. The number of ether oxygens (including phenoxy) is 2. The minimum absolute atomic E-state index is 0.00439. The molecule has 3 heterocycles. The van der Waals surface area contributed by atoms with Crippen LogP contribution in [0.25, 0.3) is 0 Å². The number of nitrogens with zero attached hydrogens (tertiary/aromatic N) is 3. The number of rotatable bonds is 7. The zero-order valence-electron chi connectivity index (χ0n) is 24.5. The van der Waals surface area contributed by atoms with Crippen LogP contribution < -0.4 is 0 Å². The lowest BCUT2D eigenvalue weighted by Gasteiger charge is -2.43. The smallest absolute Gasteiger partial charge is 0.323 e. The SMILES string of the molecule is COC(=O)C(Cc1ccc(C)cc1F)N1CCN(C(=O)[C@@H]2CN(C3CCOCC3)C[C@H]2c2ccc(Cl)cc2F)[C@@H](C)C1. The Balaban J connectivity index is 1.33. The Kier molecular flexibility index (Phi) is 9.82. The van der Waals surface area contributed by atoms with Gasteiger partial charge in [0.15, 0.2) is 0 Å². The highest BCUT2D eigenvalue weighted by atomic mass is 35.5. The molecule has 1 unspecified atom stereocenters. The molecule has 228 valence electrons. The lowest BCUT2D eigenvalue weighted by molar-refractivity contribution is -0.150. The summed E-state index contributed by atoms with van der Waals surface area (Å²) in [6.45, 7) is 7.61. The molecular formula is C32H40ClF2N3O4. The van der Waals surface area contributed by atoms with Gasteiger partial charge in [-0.25, -0.2) is 8.78 Å². The van der Waals surface area contributed by atoms with E-state index in [0.717, 1.165) is 18.4 Å². The van der Waals surface area contributed by atoms with E-state index in [-0.39, 0.29) is 35.9 Å². The molecule has 0 radical (unpaired) electrons. The van der Waals surface area contributed by atoms with E-state index < -0.39 is 17.9 Å². The number of methoxy groups -OCH3 is 1. The molecule has 2 aromatic rings. The molecule has 10 heteroatoms. The summed E-state index contributed by atoms with van der Waals surface area (Å²) in [4.78, 5) is 33.2. The van der Waals surface area contributed by atoms with Crippen molar-refractivity contribution < 1.29 is 27.8 Å². The van der Waals surface area contributed by atoms with Gasteiger partial charge in [-0.2, -0.15) is 0 Å². The van der Waals surface area contributed by atoms with Gasteiger partial charge >= 0.3 is 5.97 Å². The number of hydrogen-bond acceptors (Lipinski definition) is 6. The number of amides is 1.